The zero-order chi connectivity index (χ0) is 18.2. The second kappa shape index (κ2) is 6.27. The van der Waals surface area contributed by atoms with Crippen LogP contribution in [0.15, 0.2) is 24.3 Å². The van der Waals surface area contributed by atoms with E-state index in [0.29, 0.717) is 24.4 Å². The van der Waals surface area contributed by atoms with Crippen LogP contribution in [0.1, 0.15) is 55.5 Å². The highest BCUT2D eigenvalue weighted by Crippen LogP contribution is 2.32. The van der Waals surface area contributed by atoms with Gasteiger partial charge in [0, 0.05) is 5.92 Å². The maximum atomic E-state index is 13.5. The standard InChI is InChI=1S/C17H19FN4O3/c1-10(2)14-19-13(15(23)20-17(16(24)25)7-4-8-17)21-22(14)12-6-3-5-11(18)9-12/h3,5-6,9-10H,4,7-8H2,1-2H3,(H,20,23)(H,24,25). The second-order valence-corrected chi connectivity index (χ2v) is 6.53. The van der Waals surface area contributed by atoms with Crippen LogP contribution in [0.2, 0.25) is 0 Å². The summed E-state index contributed by atoms with van der Waals surface area (Å²) in [5.41, 5.74) is -0.786. The first-order valence-corrected chi connectivity index (χ1v) is 8.11. The molecule has 0 aliphatic heterocycles. The number of aliphatic carboxylic acids is 1. The molecule has 0 radical (unpaired) electrons. The van der Waals surface area contributed by atoms with Crippen LogP contribution in [0.5, 0.6) is 0 Å². The third-order valence-corrected chi connectivity index (χ3v) is 4.37. The number of hydrogen-bond acceptors (Lipinski definition) is 4. The van der Waals surface area contributed by atoms with Gasteiger partial charge < -0.3 is 10.4 Å². The number of nitrogens with zero attached hydrogens (tertiary/aromatic N) is 3. The van der Waals surface area contributed by atoms with Gasteiger partial charge in [-0.3, -0.25) is 4.79 Å². The first-order valence-electron chi connectivity index (χ1n) is 8.11. The van der Waals surface area contributed by atoms with Gasteiger partial charge in [0.05, 0.1) is 5.69 Å². The van der Waals surface area contributed by atoms with Gasteiger partial charge in [-0.15, -0.1) is 5.10 Å². The van der Waals surface area contributed by atoms with Crippen molar-refractivity contribution < 1.29 is 19.1 Å². The summed E-state index contributed by atoms with van der Waals surface area (Å²) in [6.45, 7) is 3.76. The first-order chi connectivity index (χ1) is 11.8. The van der Waals surface area contributed by atoms with Crippen molar-refractivity contribution in [1.82, 2.24) is 20.1 Å². The quantitative estimate of drug-likeness (QED) is 0.865. The highest BCUT2D eigenvalue weighted by atomic mass is 19.1. The van der Waals surface area contributed by atoms with Crippen molar-refractivity contribution in [1.29, 1.82) is 0 Å². The number of aromatic nitrogens is 3. The van der Waals surface area contributed by atoms with Gasteiger partial charge in [-0.25, -0.2) is 18.9 Å². The molecule has 1 aromatic carbocycles. The SMILES string of the molecule is CC(C)c1nc(C(=O)NC2(C(=O)O)CCC2)nn1-c1cccc(F)c1. The van der Waals surface area contributed by atoms with Gasteiger partial charge in [-0.05, 0) is 37.5 Å². The van der Waals surface area contributed by atoms with E-state index in [1.165, 1.54) is 16.8 Å². The topological polar surface area (TPSA) is 97.1 Å². The minimum atomic E-state index is -1.24. The van der Waals surface area contributed by atoms with Crippen molar-refractivity contribution in [2.24, 2.45) is 0 Å². The summed E-state index contributed by atoms with van der Waals surface area (Å²) in [5, 5.41) is 16.0. The molecule has 132 valence electrons. The Labute approximate surface area is 143 Å². The molecule has 1 saturated carbocycles. The molecule has 25 heavy (non-hydrogen) atoms. The lowest BCUT2D eigenvalue weighted by Crippen LogP contribution is -2.59. The molecular formula is C17H19FN4O3. The molecular weight excluding hydrogens is 327 g/mol. The summed E-state index contributed by atoms with van der Waals surface area (Å²) in [6, 6.07) is 5.82. The van der Waals surface area contributed by atoms with Gasteiger partial charge in [0.15, 0.2) is 0 Å². The fraction of sp³-hybridized carbons (Fsp3) is 0.412. The van der Waals surface area contributed by atoms with E-state index >= 15 is 0 Å². The van der Waals surface area contributed by atoms with E-state index in [4.69, 9.17) is 0 Å². The van der Waals surface area contributed by atoms with Gasteiger partial charge >= 0.3 is 5.97 Å². The molecule has 1 amide bonds. The number of carboxylic acid groups (broad SMARTS) is 1. The Kier molecular flexibility index (Phi) is 4.28. The van der Waals surface area contributed by atoms with Crippen LogP contribution in [0, 0.1) is 5.82 Å². The minimum Gasteiger partial charge on any atom is -0.480 e. The molecule has 1 aromatic heterocycles. The monoisotopic (exact) mass is 346 g/mol. The average molecular weight is 346 g/mol. The van der Waals surface area contributed by atoms with Crippen molar-refractivity contribution in [3.8, 4) is 5.69 Å². The Morgan fingerprint density at radius 1 is 1.36 bits per heavy atom. The fourth-order valence-electron chi connectivity index (χ4n) is 2.79. The molecule has 1 aliphatic carbocycles. The number of benzene rings is 1. The normalized spacial score (nSPS) is 15.7. The Bertz CT molecular complexity index is 827. The number of carbonyl (C=O) groups excluding carboxylic acids is 1. The highest BCUT2D eigenvalue weighted by molar-refractivity contribution is 5.95. The van der Waals surface area contributed by atoms with E-state index in [2.05, 4.69) is 15.4 Å². The van der Waals surface area contributed by atoms with E-state index in [1.807, 2.05) is 13.8 Å². The number of halogens is 1. The molecule has 3 rings (SSSR count). The van der Waals surface area contributed by atoms with Crippen LogP contribution in [0.3, 0.4) is 0 Å². The smallest absolute Gasteiger partial charge is 0.329 e. The van der Waals surface area contributed by atoms with Crippen LogP contribution in [-0.4, -0.2) is 37.3 Å². The summed E-state index contributed by atoms with van der Waals surface area (Å²) in [7, 11) is 0. The molecule has 1 fully saturated rings. The molecule has 1 aliphatic rings. The molecule has 0 saturated heterocycles. The third kappa shape index (κ3) is 3.11. The van der Waals surface area contributed by atoms with Gasteiger partial charge in [0.25, 0.3) is 5.91 Å². The summed E-state index contributed by atoms with van der Waals surface area (Å²) < 4.78 is 14.9. The van der Waals surface area contributed by atoms with Gasteiger partial charge in [-0.2, -0.15) is 0 Å². The third-order valence-electron chi connectivity index (χ3n) is 4.37. The Hall–Kier alpha value is -2.77. The van der Waals surface area contributed by atoms with Crippen LogP contribution < -0.4 is 5.32 Å². The molecule has 2 N–H and O–H groups in total. The van der Waals surface area contributed by atoms with Crippen molar-refractivity contribution in [2.75, 3.05) is 0 Å². The first kappa shape index (κ1) is 17.1. The van der Waals surface area contributed by atoms with E-state index in [-0.39, 0.29) is 11.7 Å². The summed E-state index contributed by atoms with van der Waals surface area (Å²) in [4.78, 5) is 28.1. The molecule has 7 nitrogen and oxygen atoms in total. The summed E-state index contributed by atoms with van der Waals surface area (Å²) in [5.74, 6) is -1.81. The van der Waals surface area contributed by atoms with Crippen LogP contribution >= 0.6 is 0 Å². The zero-order valence-electron chi connectivity index (χ0n) is 14.0. The number of nitrogens with one attached hydrogen (secondary N) is 1. The lowest BCUT2D eigenvalue weighted by molar-refractivity contribution is -0.148. The molecule has 0 unspecified atom stereocenters. The van der Waals surface area contributed by atoms with Crippen LogP contribution in [0.4, 0.5) is 4.39 Å². The van der Waals surface area contributed by atoms with E-state index < -0.39 is 23.2 Å². The van der Waals surface area contributed by atoms with Gasteiger partial charge in [0.1, 0.15) is 17.2 Å². The molecule has 1 heterocycles. The minimum absolute atomic E-state index is 0.0607. The van der Waals surface area contributed by atoms with Crippen molar-refractivity contribution in [3.63, 3.8) is 0 Å². The Balaban J connectivity index is 1.94. The highest BCUT2D eigenvalue weighted by Gasteiger charge is 2.46. The molecule has 0 bridgehead atoms. The number of rotatable bonds is 5. The van der Waals surface area contributed by atoms with E-state index in [1.54, 1.807) is 12.1 Å². The predicted molar refractivity (Wildman–Crippen MR) is 87.1 cm³/mol. The van der Waals surface area contributed by atoms with Crippen molar-refractivity contribution in [3.05, 3.63) is 41.7 Å². The second-order valence-electron chi connectivity index (χ2n) is 6.53. The number of hydrogen-bond donors (Lipinski definition) is 2. The summed E-state index contributed by atoms with van der Waals surface area (Å²) >= 11 is 0. The maximum absolute atomic E-state index is 13.5. The van der Waals surface area contributed by atoms with Crippen LogP contribution in [-0.2, 0) is 4.79 Å². The largest absolute Gasteiger partial charge is 0.480 e. The zero-order valence-corrected chi connectivity index (χ0v) is 14.0. The average Bonchev–Trinajstić information content (AvgIpc) is 2.96. The molecule has 0 spiro atoms. The van der Waals surface area contributed by atoms with E-state index in [0.717, 1.165) is 6.42 Å². The Morgan fingerprint density at radius 3 is 2.60 bits per heavy atom. The van der Waals surface area contributed by atoms with Gasteiger partial charge in [-0.1, -0.05) is 19.9 Å². The molecule has 8 heteroatoms. The lowest BCUT2D eigenvalue weighted by atomic mass is 9.77. The molecule has 2 aromatic rings. The van der Waals surface area contributed by atoms with Crippen molar-refractivity contribution in [2.45, 2.75) is 44.6 Å². The predicted octanol–water partition coefficient (Wildman–Crippen LogP) is 2.27. The Morgan fingerprint density at radius 2 is 2.08 bits per heavy atom. The van der Waals surface area contributed by atoms with Crippen LogP contribution in [0.25, 0.3) is 5.69 Å². The number of carboxylic acids is 1. The number of carbonyl (C=O) groups is 2. The fourth-order valence-corrected chi connectivity index (χ4v) is 2.79. The molecule has 0 atom stereocenters. The van der Waals surface area contributed by atoms with Gasteiger partial charge in [0.2, 0.25) is 5.82 Å². The lowest BCUT2D eigenvalue weighted by Gasteiger charge is -2.37. The van der Waals surface area contributed by atoms with E-state index in [9.17, 15) is 19.1 Å². The number of amides is 1. The van der Waals surface area contributed by atoms with Crippen molar-refractivity contribution >= 4 is 11.9 Å². The summed E-state index contributed by atoms with van der Waals surface area (Å²) in [6.07, 6.45) is 1.51. The maximum Gasteiger partial charge on any atom is 0.329 e.